The summed E-state index contributed by atoms with van der Waals surface area (Å²) in [6.07, 6.45) is 6.53. The standard InChI is InChI=1S/C14H12O2/c1-11(12-7-5-6-8-12)14(15)16-13-9-3-2-4-10-13/h2-7,9-10H,1,8H2. The number of rotatable bonds is 3. The molecule has 0 heterocycles. The molecule has 1 aliphatic rings. The number of benzene rings is 1. The molecule has 16 heavy (non-hydrogen) atoms. The molecule has 1 aromatic rings. The summed E-state index contributed by atoms with van der Waals surface area (Å²) in [5.41, 5.74) is 1.34. The van der Waals surface area contributed by atoms with Gasteiger partial charge >= 0.3 is 5.97 Å². The third-order valence-electron chi connectivity index (χ3n) is 2.36. The zero-order chi connectivity index (χ0) is 11.4. The Morgan fingerprint density at radius 3 is 2.62 bits per heavy atom. The Morgan fingerprint density at radius 1 is 1.25 bits per heavy atom. The van der Waals surface area contributed by atoms with Crippen LogP contribution >= 0.6 is 0 Å². The number of hydrogen-bond donors (Lipinski definition) is 0. The monoisotopic (exact) mass is 212 g/mol. The van der Waals surface area contributed by atoms with Crippen molar-refractivity contribution in [2.24, 2.45) is 0 Å². The quantitative estimate of drug-likeness (QED) is 0.437. The van der Waals surface area contributed by atoms with E-state index in [0.717, 1.165) is 12.0 Å². The summed E-state index contributed by atoms with van der Waals surface area (Å²) >= 11 is 0. The van der Waals surface area contributed by atoms with E-state index in [1.165, 1.54) is 0 Å². The lowest BCUT2D eigenvalue weighted by Crippen LogP contribution is -2.11. The molecular weight excluding hydrogens is 200 g/mol. The largest absolute Gasteiger partial charge is 0.423 e. The number of ether oxygens (including phenoxy) is 1. The highest BCUT2D eigenvalue weighted by Gasteiger charge is 2.14. The van der Waals surface area contributed by atoms with E-state index in [-0.39, 0.29) is 5.97 Å². The first-order valence-corrected chi connectivity index (χ1v) is 5.09. The van der Waals surface area contributed by atoms with Crippen LogP contribution in [0.4, 0.5) is 0 Å². The molecule has 0 bridgehead atoms. The van der Waals surface area contributed by atoms with Crippen molar-refractivity contribution in [2.45, 2.75) is 6.42 Å². The topological polar surface area (TPSA) is 26.3 Å². The van der Waals surface area contributed by atoms with Crippen LogP contribution in [-0.2, 0) is 4.79 Å². The first-order valence-electron chi connectivity index (χ1n) is 5.09. The molecule has 80 valence electrons. The maximum absolute atomic E-state index is 11.7. The predicted molar refractivity (Wildman–Crippen MR) is 63.1 cm³/mol. The van der Waals surface area contributed by atoms with Crippen molar-refractivity contribution in [3.8, 4) is 5.75 Å². The number of esters is 1. The van der Waals surface area contributed by atoms with E-state index in [1.807, 2.05) is 36.4 Å². The third kappa shape index (κ3) is 2.28. The van der Waals surface area contributed by atoms with E-state index in [1.54, 1.807) is 12.1 Å². The molecule has 0 amide bonds. The normalized spacial score (nSPS) is 13.4. The smallest absolute Gasteiger partial charge is 0.343 e. The van der Waals surface area contributed by atoms with Gasteiger partial charge in [-0.3, -0.25) is 0 Å². The third-order valence-corrected chi connectivity index (χ3v) is 2.36. The van der Waals surface area contributed by atoms with E-state index >= 15 is 0 Å². The van der Waals surface area contributed by atoms with Gasteiger partial charge in [-0.1, -0.05) is 43.0 Å². The number of hydrogen-bond acceptors (Lipinski definition) is 2. The summed E-state index contributed by atoms with van der Waals surface area (Å²) in [4.78, 5) is 11.7. The van der Waals surface area contributed by atoms with Gasteiger partial charge in [-0.05, 0) is 24.1 Å². The van der Waals surface area contributed by atoms with Gasteiger partial charge in [0.05, 0.1) is 5.57 Å². The maximum Gasteiger partial charge on any atom is 0.343 e. The number of carbonyl (C=O) groups is 1. The minimum Gasteiger partial charge on any atom is -0.423 e. The van der Waals surface area contributed by atoms with Gasteiger partial charge in [-0.15, -0.1) is 0 Å². The van der Waals surface area contributed by atoms with Gasteiger partial charge in [-0.2, -0.15) is 0 Å². The lowest BCUT2D eigenvalue weighted by atomic mass is 10.1. The van der Waals surface area contributed by atoms with Crippen LogP contribution < -0.4 is 4.74 Å². The average Bonchev–Trinajstić information content (AvgIpc) is 2.83. The van der Waals surface area contributed by atoms with Gasteiger partial charge in [-0.25, -0.2) is 4.79 Å². The zero-order valence-corrected chi connectivity index (χ0v) is 8.85. The van der Waals surface area contributed by atoms with Crippen molar-refractivity contribution in [3.05, 3.63) is 66.3 Å². The van der Waals surface area contributed by atoms with Crippen molar-refractivity contribution < 1.29 is 9.53 Å². The predicted octanol–water partition coefficient (Wildman–Crippen LogP) is 3.03. The molecule has 0 unspecified atom stereocenters. The minimum absolute atomic E-state index is 0.388. The second-order valence-corrected chi connectivity index (χ2v) is 3.51. The Balaban J connectivity index is 2.01. The lowest BCUT2D eigenvalue weighted by molar-refractivity contribution is -0.129. The molecule has 0 fully saturated rings. The molecule has 0 aromatic heterocycles. The fraction of sp³-hybridized carbons (Fsp3) is 0.0714. The Bertz CT molecular complexity index is 467. The summed E-state index contributed by atoms with van der Waals surface area (Å²) in [6.45, 7) is 3.75. The maximum atomic E-state index is 11.7. The molecule has 0 spiro atoms. The zero-order valence-electron chi connectivity index (χ0n) is 8.85. The number of carbonyl (C=O) groups excluding carboxylic acids is 1. The van der Waals surface area contributed by atoms with E-state index < -0.39 is 0 Å². The fourth-order valence-corrected chi connectivity index (χ4v) is 1.46. The summed E-state index contributed by atoms with van der Waals surface area (Å²) in [5, 5.41) is 0. The van der Waals surface area contributed by atoms with Crippen molar-refractivity contribution in [1.82, 2.24) is 0 Å². The van der Waals surface area contributed by atoms with Crippen LogP contribution in [0.5, 0.6) is 5.75 Å². The fourth-order valence-electron chi connectivity index (χ4n) is 1.46. The van der Waals surface area contributed by atoms with Crippen molar-refractivity contribution in [3.63, 3.8) is 0 Å². The van der Waals surface area contributed by atoms with Crippen LogP contribution in [0.15, 0.2) is 66.3 Å². The first kappa shape index (κ1) is 10.4. The van der Waals surface area contributed by atoms with Crippen LogP contribution in [0.25, 0.3) is 0 Å². The Hall–Kier alpha value is -2.09. The van der Waals surface area contributed by atoms with E-state index in [4.69, 9.17) is 4.74 Å². The van der Waals surface area contributed by atoms with Gasteiger partial charge in [0, 0.05) is 0 Å². The highest BCUT2D eigenvalue weighted by molar-refractivity contribution is 5.94. The summed E-state index contributed by atoms with van der Waals surface area (Å²) in [7, 11) is 0. The molecular formula is C14H12O2. The van der Waals surface area contributed by atoms with Crippen LogP contribution in [0.2, 0.25) is 0 Å². The molecule has 1 aromatic carbocycles. The van der Waals surface area contributed by atoms with Crippen molar-refractivity contribution in [2.75, 3.05) is 0 Å². The minimum atomic E-state index is -0.388. The molecule has 2 rings (SSSR count). The summed E-state index contributed by atoms with van der Waals surface area (Å²) < 4.78 is 5.18. The molecule has 0 radical (unpaired) electrons. The van der Waals surface area contributed by atoms with E-state index in [0.29, 0.717) is 11.3 Å². The highest BCUT2D eigenvalue weighted by Crippen LogP contribution is 2.20. The molecule has 0 saturated heterocycles. The molecule has 0 saturated carbocycles. The Labute approximate surface area is 94.6 Å². The van der Waals surface area contributed by atoms with E-state index in [9.17, 15) is 4.79 Å². The second kappa shape index (κ2) is 4.62. The Kier molecular flexibility index (Phi) is 3.01. The van der Waals surface area contributed by atoms with Gasteiger partial charge in [0.15, 0.2) is 0 Å². The van der Waals surface area contributed by atoms with Gasteiger partial charge in [0.25, 0.3) is 0 Å². The second-order valence-electron chi connectivity index (χ2n) is 3.51. The van der Waals surface area contributed by atoms with Gasteiger partial charge in [0.2, 0.25) is 0 Å². The summed E-state index contributed by atoms with van der Waals surface area (Å²) in [6, 6.07) is 9.00. The lowest BCUT2D eigenvalue weighted by Gasteiger charge is -2.06. The molecule has 0 N–H and O–H groups in total. The average molecular weight is 212 g/mol. The first-order chi connectivity index (χ1) is 7.77. The Morgan fingerprint density at radius 2 is 2.00 bits per heavy atom. The number of allylic oxidation sites excluding steroid dienone is 3. The molecule has 1 aliphatic carbocycles. The summed E-state index contributed by atoms with van der Waals surface area (Å²) in [5.74, 6) is 0.154. The van der Waals surface area contributed by atoms with Crippen LogP contribution in [0.3, 0.4) is 0 Å². The number of para-hydroxylation sites is 1. The van der Waals surface area contributed by atoms with Crippen LogP contribution in [0.1, 0.15) is 6.42 Å². The van der Waals surface area contributed by atoms with Gasteiger partial charge < -0.3 is 4.74 Å². The molecule has 2 heteroatoms. The molecule has 0 atom stereocenters. The highest BCUT2D eigenvalue weighted by atomic mass is 16.5. The van der Waals surface area contributed by atoms with Crippen LogP contribution in [0, 0.1) is 0 Å². The van der Waals surface area contributed by atoms with Crippen molar-refractivity contribution >= 4 is 5.97 Å². The molecule has 2 nitrogen and oxygen atoms in total. The SMILES string of the molecule is C=C(C(=O)Oc1ccccc1)C1=CC=CC1. The van der Waals surface area contributed by atoms with E-state index in [2.05, 4.69) is 6.58 Å². The van der Waals surface area contributed by atoms with Crippen molar-refractivity contribution in [1.29, 1.82) is 0 Å². The van der Waals surface area contributed by atoms with Gasteiger partial charge in [0.1, 0.15) is 5.75 Å². The van der Waals surface area contributed by atoms with Crippen LogP contribution in [-0.4, -0.2) is 5.97 Å². The molecule has 0 aliphatic heterocycles.